The van der Waals surface area contributed by atoms with E-state index < -0.39 is 30.4 Å². The molecule has 142 valence electrons. The van der Waals surface area contributed by atoms with Crippen LogP contribution in [0.5, 0.6) is 0 Å². The van der Waals surface area contributed by atoms with Gasteiger partial charge in [0.15, 0.2) is 18.5 Å². The second-order valence-electron chi connectivity index (χ2n) is 6.15. The van der Waals surface area contributed by atoms with Crippen molar-refractivity contribution in [2.24, 2.45) is 0 Å². The van der Waals surface area contributed by atoms with Gasteiger partial charge in [-0.25, -0.2) is 9.59 Å². The number of ether oxygens (including phenoxy) is 3. The molecule has 1 aliphatic heterocycles. The number of hydrogen-bond donors (Lipinski definition) is 1. The minimum Gasteiger partial charge on any atom is -0.453 e. The Bertz CT molecular complexity index is 782. The van der Waals surface area contributed by atoms with Crippen molar-refractivity contribution in [1.82, 2.24) is 0 Å². The highest BCUT2D eigenvalue weighted by Gasteiger charge is 2.47. The zero-order valence-corrected chi connectivity index (χ0v) is 16.7. The largest absolute Gasteiger partial charge is 0.453 e. The predicted octanol–water partition coefficient (Wildman–Crippen LogP) is 2.98. The van der Waals surface area contributed by atoms with E-state index in [0.717, 1.165) is 0 Å². The van der Waals surface area contributed by atoms with Gasteiger partial charge in [-0.3, -0.25) is 0 Å². The van der Waals surface area contributed by atoms with E-state index in [1.165, 1.54) is 0 Å². The van der Waals surface area contributed by atoms with Gasteiger partial charge in [0.1, 0.15) is 0 Å². The number of aliphatic hydroxyl groups excluding tert-OH is 1. The maximum Gasteiger partial charge on any atom is 0.338 e. The van der Waals surface area contributed by atoms with E-state index in [1.807, 2.05) is 0 Å². The Morgan fingerprint density at radius 2 is 1.33 bits per heavy atom. The molecule has 1 N–H and O–H groups in total. The van der Waals surface area contributed by atoms with Gasteiger partial charge in [-0.05, 0) is 31.2 Å². The van der Waals surface area contributed by atoms with E-state index in [1.54, 1.807) is 67.6 Å². The van der Waals surface area contributed by atoms with Gasteiger partial charge in [-0.15, -0.1) is 0 Å². The van der Waals surface area contributed by atoms with Gasteiger partial charge in [-0.1, -0.05) is 59.0 Å². The highest BCUT2D eigenvalue weighted by molar-refractivity contribution is 14.1. The van der Waals surface area contributed by atoms with Gasteiger partial charge in [-0.2, -0.15) is 0 Å². The molecule has 2 aromatic carbocycles. The lowest BCUT2D eigenvalue weighted by Crippen LogP contribution is -2.57. The normalized spacial score (nSPS) is 27.6. The summed E-state index contributed by atoms with van der Waals surface area (Å²) in [6.07, 6.45) is -3.78. The zero-order valence-electron chi connectivity index (χ0n) is 14.5. The molecule has 1 fully saturated rings. The lowest BCUT2D eigenvalue weighted by molar-refractivity contribution is -0.237. The third kappa shape index (κ3) is 4.66. The Labute approximate surface area is 170 Å². The fourth-order valence-electron chi connectivity index (χ4n) is 2.77. The molecule has 1 heterocycles. The molecule has 2 aromatic rings. The van der Waals surface area contributed by atoms with Crippen molar-refractivity contribution in [3.05, 3.63) is 71.8 Å². The number of carbonyl (C=O) groups excluding carboxylic acids is 2. The van der Waals surface area contributed by atoms with E-state index in [9.17, 15) is 14.7 Å². The van der Waals surface area contributed by atoms with Crippen molar-refractivity contribution in [2.45, 2.75) is 35.5 Å². The Morgan fingerprint density at radius 3 is 1.81 bits per heavy atom. The summed E-state index contributed by atoms with van der Waals surface area (Å²) in [6.45, 7) is 1.76. The number of aliphatic hydroxyl groups is 1. The molecular formula is C20H19IO6. The van der Waals surface area contributed by atoms with Crippen molar-refractivity contribution < 1.29 is 28.9 Å². The van der Waals surface area contributed by atoms with Gasteiger partial charge >= 0.3 is 11.9 Å². The van der Waals surface area contributed by atoms with E-state index in [-0.39, 0.29) is 10.0 Å². The molecule has 27 heavy (non-hydrogen) atoms. The average Bonchev–Trinajstić information content (AvgIpc) is 2.69. The third-order valence-corrected chi connectivity index (χ3v) is 5.95. The number of esters is 2. The first-order chi connectivity index (χ1) is 13.0. The summed E-state index contributed by atoms with van der Waals surface area (Å²) in [6, 6.07) is 16.9. The lowest BCUT2D eigenvalue weighted by Gasteiger charge is -2.40. The average molecular weight is 482 g/mol. The van der Waals surface area contributed by atoms with Crippen molar-refractivity contribution in [3.8, 4) is 0 Å². The first-order valence-corrected chi connectivity index (χ1v) is 9.71. The molecule has 1 aliphatic rings. The number of carbonyl (C=O) groups is 2. The molecule has 0 spiro atoms. The van der Waals surface area contributed by atoms with Crippen LogP contribution >= 0.6 is 22.6 Å². The SMILES string of the molecule is C[C@@H]1O[C@H](O)[C@H](OC(=O)c2ccccc2)[C@H](OC(=O)c2ccccc2)[C@H]1I. The third-order valence-electron chi connectivity index (χ3n) is 4.23. The Hall–Kier alpha value is -1.97. The maximum atomic E-state index is 12.5. The first kappa shape index (κ1) is 19.8. The van der Waals surface area contributed by atoms with Crippen molar-refractivity contribution in [3.63, 3.8) is 0 Å². The summed E-state index contributed by atoms with van der Waals surface area (Å²) >= 11 is 2.08. The second-order valence-corrected chi connectivity index (χ2v) is 7.59. The smallest absolute Gasteiger partial charge is 0.338 e. The van der Waals surface area contributed by atoms with Gasteiger partial charge in [0.2, 0.25) is 0 Å². The molecule has 6 nitrogen and oxygen atoms in total. The number of benzene rings is 2. The fourth-order valence-corrected chi connectivity index (χ4v) is 3.50. The molecule has 0 bridgehead atoms. The molecule has 1 saturated heterocycles. The highest BCUT2D eigenvalue weighted by Crippen LogP contribution is 2.31. The van der Waals surface area contributed by atoms with Crippen LogP contribution < -0.4 is 0 Å². The lowest BCUT2D eigenvalue weighted by atomic mass is 10.0. The standard InChI is InChI=1S/C20H19IO6/c1-12-15(21)16(26-18(22)13-8-4-2-5-9-13)17(20(24)25-12)27-19(23)14-10-6-3-7-11-14/h2-12,15-17,20,24H,1H3/t12-,15-,16+,17+,20-/m0/s1. The molecule has 5 atom stereocenters. The van der Waals surface area contributed by atoms with Gasteiger partial charge < -0.3 is 19.3 Å². The van der Waals surface area contributed by atoms with Crippen LogP contribution in [0.4, 0.5) is 0 Å². The topological polar surface area (TPSA) is 82.1 Å². The van der Waals surface area contributed by atoms with Gasteiger partial charge in [0.05, 0.1) is 21.2 Å². The number of halogens is 1. The molecule has 0 amide bonds. The first-order valence-electron chi connectivity index (χ1n) is 8.47. The van der Waals surface area contributed by atoms with Crippen molar-refractivity contribution in [1.29, 1.82) is 0 Å². The minimum atomic E-state index is -1.40. The van der Waals surface area contributed by atoms with Crippen LogP contribution in [-0.4, -0.2) is 45.6 Å². The second kappa shape index (κ2) is 8.81. The quantitative estimate of drug-likeness (QED) is 0.410. The molecular weight excluding hydrogens is 463 g/mol. The highest BCUT2D eigenvalue weighted by atomic mass is 127. The van der Waals surface area contributed by atoms with Crippen LogP contribution in [-0.2, 0) is 14.2 Å². The molecule has 0 aliphatic carbocycles. The molecule has 0 radical (unpaired) electrons. The van der Waals surface area contributed by atoms with Crippen LogP contribution in [0.15, 0.2) is 60.7 Å². The van der Waals surface area contributed by atoms with Crippen LogP contribution in [0.25, 0.3) is 0 Å². The summed E-state index contributed by atoms with van der Waals surface area (Å²) < 4.78 is 16.2. The van der Waals surface area contributed by atoms with Gasteiger partial charge in [0, 0.05) is 0 Å². The number of hydrogen-bond acceptors (Lipinski definition) is 6. The molecule has 3 rings (SSSR count). The van der Waals surface area contributed by atoms with E-state index in [0.29, 0.717) is 11.1 Å². The van der Waals surface area contributed by atoms with E-state index >= 15 is 0 Å². The van der Waals surface area contributed by atoms with Crippen LogP contribution in [0, 0.1) is 0 Å². The molecule has 0 unspecified atom stereocenters. The van der Waals surface area contributed by atoms with E-state index in [2.05, 4.69) is 22.6 Å². The summed E-state index contributed by atoms with van der Waals surface area (Å²) in [7, 11) is 0. The summed E-state index contributed by atoms with van der Waals surface area (Å²) in [5, 5.41) is 10.3. The van der Waals surface area contributed by atoms with E-state index in [4.69, 9.17) is 14.2 Å². The molecule has 0 aromatic heterocycles. The monoisotopic (exact) mass is 482 g/mol. The Morgan fingerprint density at radius 1 is 0.889 bits per heavy atom. The fraction of sp³-hybridized carbons (Fsp3) is 0.300. The van der Waals surface area contributed by atoms with Crippen LogP contribution in [0.3, 0.4) is 0 Å². The molecule has 7 heteroatoms. The number of alkyl halides is 1. The summed E-state index contributed by atoms with van der Waals surface area (Å²) in [4.78, 5) is 24.9. The Kier molecular flexibility index (Phi) is 6.46. The maximum absolute atomic E-state index is 12.5. The number of rotatable bonds is 4. The zero-order chi connectivity index (χ0) is 19.4. The van der Waals surface area contributed by atoms with Gasteiger partial charge in [0.25, 0.3) is 0 Å². The van der Waals surface area contributed by atoms with Crippen LogP contribution in [0.1, 0.15) is 27.6 Å². The summed E-state index contributed by atoms with van der Waals surface area (Å²) in [5.74, 6) is -1.17. The van der Waals surface area contributed by atoms with Crippen molar-refractivity contribution in [2.75, 3.05) is 0 Å². The predicted molar refractivity (Wildman–Crippen MR) is 106 cm³/mol. The Balaban J connectivity index is 1.80. The van der Waals surface area contributed by atoms with Crippen LogP contribution in [0.2, 0.25) is 0 Å². The van der Waals surface area contributed by atoms with Crippen molar-refractivity contribution >= 4 is 34.5 Å². The molecule has 0 saturated carbocycles. The minimum absolute atomic E-state index is 0.313. The summed E-state index contributed by atoms with van der Waals surface area (Å²) in [5.41, 5.74) is 0.712.